The average Bonchev–Trinajstić information content (AvgIpc) is 3.60. The Morgan fingerprint density at radius 2 is 1.28 bits per heavy atom. The molecule has 7 rings (SSSR count). The second-order valence-electron chi connectivity index (χ2n) is 14.2. The standard InChI is InChI=1S/C47H50N2O/c1-3-4-29-49-30-17-27-43(49)35-48(33-38-20-16-19-37-18-14-15-28-44(37)38)34-39-31-36(2)32-45(46(39)50)47(40-21-8-5-9-22-40,41-23-10-6-11-24-41)42-25-12-7-13-26-42/h5-16,18-26,28,31-32,43,50H,3-4,17,27,29-30,33-35H2,1-2H3/t43-/m0/s1. The van der Waals surface area contributed by atoms with Crippen molar-refractivity contribution in [2.75, 3.05) is 19.6 Å². The van der Waals surface area contributed by atoms with Gasteiger partial charge < -0.3 is 5.11 Å². The highest BCUT2D eigenvalue weighted by molar-refractivity contribution is 5.85. The molecule has 6 aromatic rings. The van der Waals surface area contributed by atoms with Crippen LogP contribution in [0.5, 0.6) is 5.75 Å². The molecule has 0 amide bonds. The summed E-state index contributed by atoms with van der Waals surface area (Å²) in [5.74, 6) is 0.379. The molecule has 1 aliphatic rings. The molecule has 6 aromatic carbocycles. The Balaban J connectivity index is 1.36. The lowest BCUT2D eigenvalue weighted by molar-refractivity contribution is 0.159. The van der Waals surface area contributed by atoms with Crippen molar-refractivity contribution in [1.29, 1.82) is 0 Å². The number of fused-ring (bicyclic) bond motifs is 1. The minimum atomic E-state index is -0.711. The van der Waals surface area contributed by atoms with Crippen LogP contribution in [0.1, 0.15) is 71.6 Å². The Hall–Kier alpha value is -4.70. The van der Waals surface area contributed by atoms with E-state index in [-0.39, 0.29) is 0 Å². The first-order valence-electron chi connectivity index (χ1n) is 18.5. The summed E-state index contributed by atoms with van der Waals surface area (Å²) in [5, 5.41) is 15.3. The molecule has 254 valence electrons. The fraction of sp³-hybridized carbons (Fsp3) is 0.277. The van der Waals surface area contributed by atoms with Gasteiger partial charge in [-0.25, -0.2) is 0 Å². The number of aromatic hydroxyl groups is 1. The van der Waals surface area contributed by atoms with E-state index in [1.54, 1.807) is 0 Å². The van der Waals surface area contributed by atoms with Crippen LogP contribution in [0.2, 0.25) is 0 Å². The Morgan fingerprint density at radius 3 is 1.92 bits per heavy atom. The topological polar surface area (TPSA) is 26.7 Å². The van der Waals surface area contributed by atoms with E-state index in [1.165, 1.54) is 48.6 Å². The molecule has 1 aliphatic heterocycles. The number of phenolic OH excluding ortho intramolecular Hbond substituents is 1. The Bertz CT molecular complexity index is 1890. The molecule has 3 heteroatoms. The van der Waals surface area contributed by atoms with Gasteiger partial charge >= 0.3 is 0 Å². The maximum absolute atomic E-state index is 12.7. The van der Waals surface area contributed by atoms with Gasteiger partial charge in [0.25, 0.3) is 0 Å². The molecular formula is C47H50N2O. The van der Waals surface area contributed by atoms with Crippen LogP contribution >= 0.6 is 0 Å². The Morgan fingerprint density at radius 1 is 0.700 bits per heavy atom. The van der Waals surface area contributed by atoms with Crippen molar-refractivity contribution in [3.8, 4) is 5.75 Å². The second kappa shape index (κ2) is 15.5. The number of benzene rings is 6. The first-order chi connectivity index (χ1) is 24.6. The van der Waals surface area contributed by atoms with Crippen LogP contribution in [0.3, 0.4) is 0 Å². The molecule has 0 spiro atoms. The van der Waals surface area contributed by atoms with Crippen molar-refractivity contribution >= 4 is 10.8 Å². The molecule has 3 nitrogen and oxygen atoms in total. The molecule has 1 N–H and O–H groups in total. The van der Waals surface area contributed by atoms with Gasteiger partial charge in [-0.2, -0.15) is 0 Å². The minimum Gasteiger partial charge on any atom is -0.507 e. The van der Waals surface area contributed by atoms with Gasteiger partial charge in [0.05, 0.1) is 5.41 Å². The van der Waals surface area contributed by atoms with E-state index in [1.807, 2.05) is 0 Å². The van der Waals surface area contributed by atoms with Gasteiger partial charge in [-0.05, 0) is 72.3 Å². The molecule has 50 heavy (non-hydrogen) atoms. The van der Waals surface area contributed by atoms with Crippen LogP contribution in [0.25, 0.3) is 10.8 Å². The molecule has 0 radical (unpaired) electrons. The smallest absolute Gasteiger partial charge is 0.124 e. The number of unbranched alkanes of at least 4 members (excludes halogenated alkanes) is 1. The quantitative estimate of drug-likeness (QED) is 0.125. The van der Waals surface area contributed by atoms with E-state index in [4.69, 9.17) is 0 Å². The predicted molar refractivity (Wildman–Crippen MR) is 209 cm³/mol. The van der Waals surface area contributed by atoms with Crippen molar-refractivity contribution in [3.63, 3.8) is 0 Å². The van der Waals surface area contributed by atoms with Crippen molar-refractivity contribution in [3.05, 3.63) is 185 Å². The van der Waals surface area contributed by atoms with E-state index < -0.39 is 5.41 Å². The van der Waals surface area contributed by atoms with E-state index >= 15 is 0 Å². The number of rotatable bonds is 13. The first-order valence-corrected chi connectivity index (χ1v) is 18.5. The van der Waals surface area contributed by atoms with Crippen molar-refractivity contribution < 1.29 is 5.11 Å². The Labute approximate surface area is 298 Å². The normalized spacial score (nSPS) is 15.2. The zero-order chi connectivity index (χ0) is 34.3. The lowest BCUT2D eigenvalue weighted by atomic mass is 9.64. The van der Waals surface area contributed by atoms with Crippen LogP contribution in [0.15, 0.2) is 146 Å². The number of hydrogen-bond acceptors (Lipinski definition) is 3. The lowest BCUT2D eigenvalue weighted by Crippen LogP contribution is -2.40. The fourth-order valence-electron chi connectivity index (χ4n) is 8.44. The number of likely N-dealkylation sites (tertiary alicyclic amines) is 1. The molecule has 1 fully saturated rings. The van der Waals surface area contributed by atoms with Gasteiger partial charge in [0.1, 0.15) is 5.75 Å². The van der Waals surface area contributed by atoms with E-state index in [0.29, 0.717) is 18.3 Å². The molecule has 0 unspecified atom stereocenters. The van der Waals surface area contributed by atoms with E-state index in [0.717, 1.165) is 53.0 Å². The van der Waals surface area contributed by atoms with Gasteiger partial charge in [0.15, 0.2) is 0 Å². The second-order valence-corrected chi connectivity index (χ2v) is 14.2. The zero-order valence-corrected chi connectivity index (χ0v) is 29.6. The third kappa shape index (κ3) is 6.86. The number of hydrogen-bond donors (Lipinski definition) is 1. The van der Waals surface area contributed by atoms with Crippen LogP contribution in [-0.2, 0) is 18.5 Å². The molecule has 0 aromatic heterocycles. The van der Waals surface area contributed by atoms with E-state index in [9.17, 15) is 5.11 Å². The van der Waals surface area contributed by atoms with E-state index in [2.05, 4.69) is 169 Å². The summed E-state index contributed by atoms with van der Waals surface area (Å²) in [4.78, 5) is 5.32. The number of aryl methyl sites for hydroxylation is 1. The molecule has 1 atom stereocenters. The Kier molecular flexibility index (Phi) is 10.4. The van der Waals surface area contributed by atoms with Crippen molar-refractivity contribution in [2.24, 2.45) is 0 Å². The zero-order valence-electron chi connectivity index (χ0n) is 29.6. The molecular weight excluding hydrogens is 609 g/mol. The number of phenols is 1. The lowest BCUT2D eigenvalue weighted by Gasteiger charge is -2.38. The highest BCUT2D eigenvalue weighted by atomic mass is 16.3. The summed E-state index contributed by atoms with van der Waals surface area (Å²) in [5.41, 5.74) is 7.07. The van der Waals surface area contributed by atoms with Crippen LogP contribution < -0.4 is 0 Å². The van der Waals surface area contributed by atoms with Crippen LogP contribution in [0.4, 0.5) is 0 Å². The van der Waals surface area contributed by atoms with Crippen LogP contribution in [-0.4, -0.2) is 40.6 Å². The highest BCUT2D eigenvalue weighted by Crippen LogP contribution is 2.49. The van der Waals surface area contributed by atoms with Gasteiger partial charge in [-0.3, -0.25) is 9.80 Å². The van der Waals surface area contributed by atoms with Crippen molar-refractivity contribution in [1.82, 2.24) is 9.80 Å². The molecule has 0 aliphatic carbocycles. The monoisotopic (exact) mass is 658 g/mol. The summed E-state index contributed by atoms with van der Waals surface area (Å²) < 4.78 is 0. The molecule has 1 saturated heterocycles. The summed E-state index contributed by atoms with van der Waals surface area (Å²) in [7, 11) is 0. The van der Waals surface area contributed by atoms with Gasteiger partial charge in [-0.1, -0.05) is 165 Å². The largest absolute Gasteiger partial charge is 0.507 e. The highest BCUT2D eigenvalue weighted by Gasteiger charge is 2.41. The molecule has 0 saturated carbocycles. The van der Waals surface area contributed by atoms with Gasteiger partial charge in [-0.15, -0.1) is 0 Å². The molecule has 1 heterocycles. The van der Waals surface area contributed by atoms with Gasteiger partial charge in [0.2, 0.25) is 0 Å². The van der Waals surface area contributed by atoms with Crippen molar-refractivity contribution in [2.45, 2.75) is 64.1 Å². The summed E-state index contributed by atoms with van der Waals surface area (Å²) in [6.45, 7) is 9.26. The minimum absolute atomic E-state index is 0.379. The summed E-state index contributed by atoms with van der Waals surface area (Å²) in [6, 6.07) is 52.5. The maximum Gasteiger partial charge on any atom is 0.124 e. The maximum atomic E-state index is 12.7. The third-order valence-corrected chi connectivity index (χ3v) is 10.8. The van der Waals surface area contributed by atoms with Gasteiger partial charge in [0, 0.05) is 36.8 Å². The summed E-state index contributed by atoms with van der Waals surface area (Å²) in [6.07, 6.45) is 4.93. The third-order valence-electron chi connectivity index (χ3n) is 10.8. The average molecular weight is 659 g/mol. The first kappa shape index (κ1) is 33.8. The summed E-state index contributed by atoms with van der Waals surface area (Å²) >= 11 is 0. The SMILES string of the molecule is CCCCN1CCC[C@H]1CN(Cc1cc(C)cc(C(c2ccccc2)(c2ccccc2)c2ccccc2)c1O)Cc1cccc2ccccc12. The number of nitrogens with zero attached hydrogens (tertiary/aromatic N) is 2. The predicted octanol–water partition coefficient (Wildman–Crippen LogP) is 10.5. The van der Waals surface area contributed by atoms with Crippen LogP contribution in [0, 0.1) is 6.92 Å². The molecule has 0 bridgehead atoms. The fourth-order valence-corrected chi connectivity index (χ4v) is 8.44.